The van der Waals surface area contributed by atoms with Crippen LogP contribution in [0.5, 0.6) is 0 Å². The minimum Gasteiger partial charge on any atom is -0.477 e. The smallest absolute Gasteiger partial charge is 0.418 e. The number of aromatic nitrogens is 2. The van der Waals surface area contributed by atoms with Crippen LogP contribution in [0.2, 0.25) is 0 Å². The van der Waals surface area contributed by atoms with E-state index in [9.17, 15) is 35.9 Å². The molecule has 0 unspecified atom stereocenters. The minimum absolute atomic E-state index is 0.0873. The minimum atomic E-state index is -4.86. The lowest BCUT2D eigenvalue weighted by Gasteiger charge is -2.23. The molecule has 12 heteroatoms. The molecule has 1 atom stereocenters. The molecule has 0 fully saturated rings. The highest BCUT2D eigenvalue weighted by molar-refractivity contribution is 5.95. The van der Waals surface area contributed by atoms with Gasteiger partial charge in [0.25, 0.3) is 5.91 Å². The summed E-state index contributed by atoms with van der Waals surface area (Å²) in [4.78, 5) is 30.9. The van der Waals surface area contributed by atoms with Gasteiger partial charge in [0.2, 0.25) is 0 Å². The topological polar surface area (TPSA) is 92.2 Å². The fourth-order valence-corrected chi connectivity index (χ4v) is 2.93. The summed E-state index contributed by atoms with van der Waals surface area (Å²) in [6.45, 7) is 0. The summed E-state index contributed by atoms with van der Waals surface area (Å²) >= 11 is 0. The van der Waals surface area contributed by atoms with E-state index in [0.29, 0.717) is 12.1 Å². The van der Waals surface area contributed by atoms with Gasteiger partial charge in [-0.1, -0.05) is 12.1 Å². The number of pyridine rings is 2. The van der Waals surface area contributed by atoms with Crippen molar-refractivity contribution in [3.05, 3.63) is 94.6 Å². The second kappa shape index (κ2) is 8.88. The van der Waals surface area contributed by atoms with E-state index in [1.54, 1.807) is 0 Å². The molecule has 0 aliphatic carbocycles. The summed E-state index contributed by atoms with van der Waals surface area (Å²) in [7, 11) is 0. The Bertz CT molecular complexity index is 1160. The molecule has 2 heterocycles. The Morgan fingerprint density at radius 2 is 1.55 bits per heavy atom. The molecule has 3 aromatic rings. The molecule has 2 N–H and O–H groups in total. The van der Waals surface area contributed by atoms with Crippen LogP contribution >= 0.6 is 0 Å². The van der Waals surface area contributed by atoms with Crippen molar-refractivity contribution in [3.63, 3.8) is 0 Å². The fourth-order valence-electron chi connectivity index (χ4n) is 2.93. The normalized spacial score (nSPS) is 12.8. The van der Waals surface area contributed by atoms with Crippen molar-refractivity contribution in [2.24, 2.45) is 0 Å². The van der Waals surface area contributed by atoms with Gasteiger partial charge in [-0.25, -0.2) is 9.78 Å². The van der Waals surface area contributed by atoms with Crippen LogP contribution in [0.3, 0.4) is 0 Å². The molecule has 33 heavy (non-hydrogen) atoms. The van der Waals surface area contributed by atoms with E-state index in [1.807, 2.05) is 0 Å². The average Bonchev–Trinajstić information content (AvgIpc) is 2.76. The third-order valence-electron chi connectivity index (χ3n) is 4.51. The highest BCUT2D eigenvalue weighted by atomic mass is 19.4. The number of carboxylic acid groups (broad SMARTS) is 1. The highest BCUT2D eigenvalue weighted by Gasteiger charge is 2.37. The van der Waals surface area contributed by atoms with Crippen LogP contribution in [-0.2, 0) is 12.4 Å². The summed E-state index contributed by atoms with van der Waals surface area (Å²) < 4.78 is 79.4. The molecule has 0 aliphatic heterocycles. The van der Waals surface area contributed by atoms with Crippen LogP contribution in [0.15, 0.2) is 60.9 Å². The zero-order chi connectivity index (χ0) is 24.4. The molecule has 0 bridgehead atoms. The SMILES string of the molecule is O=C(N[C@@H](c1ccc(C(F)(F)F)cc1)c1ncccc1C(F)(F)F)c1ccc(C(=O)O)nc1. The number of aromatic carboxylic acids is 1. The molecule has 3 rings (SSSR count). The molecule has 0 saturated heterocycles. The first-order valence-electron chi connectivity index (χ1n) is 9.07. The summed E-state index contributed by atoms with van der Waals surface area (Å²) in [5.41, 5.74) is -3.48. The number of benzene rings is 1. The Morgan fingerprint density at radius 3 is 2.06 bits per heavy atom. The predicted molar refractivity (Wildman–Crippen MR) is 101 cm³/mol. The van der Waals surface area contributed by atoms with Gasteiger partial charge < -0.3 is 10.4 Å². The number of halogens is 6. The van der Waals surface area contributed by atoms with E-state index in [2.05, 4.69) is 15.3 Å². The Labute approximate surface area is 181 Å². The molecule has 0 radical (unpaired) electrons. The lowest BCUT2D eigenvalue weighted by atomic mass is 9.97. The Hall–Kier alpha value is -3.96. The van der Waals surface area contributed by atoms with E-state index in [0.717, 1.165) is 48.8 Å². The van der Waals surface area contributed by atoms with Gasteiger partial charge in [0.1, 0.15) is 5.69 Å². The van der Waals surface area contributed by atoms with Crippen LogP contribution in [0, 0.1) is 0 Å². The van der Waals surface area contributed by atoms with Gasteiger partial charge in [0, 0.05) is 12.4 Å². The molecule has 0 spiro atoms. The first-order valence-corrected chi connectivity index (χ1v) is 9.07. The van der Waals surface area contributed by atoms with Crippen molar-refractivity contribution < 1.29 is 41.0 Å². The van der Waals surface area contributed by atoms with Crippen molar-refractivity contribution in [2.45, 2.75) is 18.4 Å². The number of hydrogen-bond acceptors (Lipinski definition) is 4. The van der Waals surface area contributed by atoms with Gasteiger partial charge in [0.05, 0.1) is 28.4 Å². The van der Waals surface area contributed by atoms with E-state index >= 15 is 0 Å². The number of nitrogens with one attached hydrogen (secondary N) is 1. The molecule has 1 aromatic carbocycles. The summed E-state index contributed by atoms with van der Waals surface area (Å²) in [6.07, 6.45) is -7.57. The highest BCUT2D eigenvalue weighted by Crippen LogP contribution is 2.36. The monoisotopic (exact) mass is 469 g/mol. The largest absolute Gasteiger partial charge is 0.477 e. The van der Waals surface area contributed by atoms with E-state index in [-0.39, 0.29) is 16.8 Å². The molecule has 0 aliphatic rings. The van der Waals surface area contributed by atoms with Gasteiger partial charge in [-0.05, 0) is 42.0 Å². The van der Waals surface area contributed by atoms with Gasteiger partial charge in [-0.3, -0.25) is 9.78 Å². The van der Waals surface area contributed by atoms with Crippen molar-refractivity contribution >= 4 is 11.9 Å². The summed E-state index contributed by atoms with van der Waals surface area (Å²) in [6, 6.07) is 5.54. The van der Waals surface area contributed by atoms with Gasteiger partial charge in [-0.15, -0.1) is 0 Å². The standard InChI is InChI=1S/C21H13F6N3O3/c22-20(23,24)13-6-3-11(4-7-13)16(17-14(21(25,26)27)2-1-9-28-17)30-18(31)12-5-8-15(19(32)33)29-10-12/h1-10,16H,(H,30,31)(H,32,33)/t16-/m0/s1. The summed E-state index contributed by atoms with van der Waals surface area (Å²) in [5.74, 6) is -2.30. The van der Waals surface area contributed by atoms with Crippen LogP contribution in [0.4, 0.5) is 26.3 Å². The van der Waals surface area contributed by atoms with Crippen LogP contribution in [0.25, 0.3) is 0 Å². The maximum absolute atomic E-state index is 13.6. The predicted octanol–water partition coefficient (Wildman–Crippen LogP) is 4.73. The molecule has 0 saturated carbocycles. The van der Waals surface area contributed by atoms with Crippen molar-refractivity contribution in [1.82, 2.24) is 15.3 Å². The third kappa shape index (κ3) is 5.45. The maximum Gasteiger partial charge on any atom is 0.418 e. The zero-order valence-corrected chi connectivity index (χ0v) is 16.3. The molecule has 1 amide bonds. The van der Waals surface area contributed by atoms with Crippen LogP contribution in [-0.4, -0.2) is 27.0 Å². The second-order valence-corrected chi connectivity index (χ2v) is 6.70. The lowest BCUT2D eigenvalue weighted by Crippen LogP contribution is -2.32. The quantitative estimate of drug-likeness (QED) is 0.527. The fraction of sp³-hybridized carbons (Fsp3) is 0.143. The van der Waals surface area contributed by atoms with Gasteiger partial charge >= 0.3 is 18.3 Å². The Balaban J connectivity index is 2.05. The number of nitrogens with zero attached hydrogens (tertiary/aromatic N) is 2. The molecule has 2 aromatic heterocycles. The first-order chi connectivity index (χ1) is 15.4. The number of carboxylic acids is 1. The number of hydrogen-bond donors (Lipinski definition) is 2. The number of carbonyl (C=O) groups excluding carboxylic acids is 1. The lowest BCUT2D eigenvalue weighted by molar-refractivity contribution is -0.139. The molecular weight excluding hydrogens is 456 g/mol. The van der Waals surface area contributed by atoms with E-state index in [1.165, 1.54) is 0 Å². The van der Waals surface area contributed by atoms with Crippen molar-refractivity contribution in [2.75, 3.05) is 0 Å². The maximum atomic E-state index is 13.6. The number of carbonyl (C=O) groups is 2. The zero-order valence-electron chi connectivity index (χ0n) is 16.3. The van der Waals surface area contributed by atoms with E-state index < -0.39 is 47.1 Å². The van der Waals surface area contributed by atoms with Crippen LogP contribution < -0.4 is 5.32 Å². The molecular formula is C21H13F6N3O3. The van der Waals surface area contributed by atoms with Crippen molar-refractivity contribution in [3.8, 4) is 0 Å². The molecule has 6 nitrogen and oxygen atoms in total. The van der Waals surface area contributed by atoms with Crippen LogP contribution in [0.1, 0.15) is 49.3 Å². The number of rotatable bonds is 5. The van der Waals surface area contributed by atoms with Gasteiger partial charge in [0.15, 0.2) is 0 Å². The number of amides is 1. The Morgan fingerprint density at radius 1 is 0.879 bits per heavy atom. The van der Waals surface area contributed by atoms with Crippen molar-refractivity contribution in [1.29, 1.82) is 0 Å². The first kappa shape index (κ1) is 23.7. The Kier molecular flexibility index (Phi) is 6.38. The van der Waals surface area contributed by atoms with E-state index in [4.69, 9.17) is 5.11 Å². The third-order valence-corrected chi connectivity index (χ3v) is 4.51. The average molecular weight is 469 g/mol. The molecule has 172 valence electrons. The number of alkyl halides is 6. The summed E-state index contributed by atoms with van der Waals surface area (Å²) in [5, 5.41) is 11.2. The second-order valence-electron chi connectivity index (χ2n) is 6.70. The van der Waals surface area contributed by atoms with Gasteiger partial charge in [-0.2, -0.15) is 26.3 Å².